The second-order valence-corrected chi connectivity index (χ2v) is 6.39. The first-order valence-corrected chi connectivity index (χ1v) is 8.14. The van der Waals surface area contributed by atoms with Crippen LogP contribution in [0.5, 0.6) is 0 Å². The van der Waals surface area contributed by atoms with E-state index in [2.05, 4.69) is 10.3 Å². The van der Waals surface area contributed by atoms with Crippen LogP contribution in [0.3, 0.4) is 0 Å². The summed E-state index contributed by atoms with van der Waals surface area (Å²) in [7, 11) is 0. The van der Waals surface area contributed by atoms with Crippen LogP contribution in [0.4, 0.5) is 0 Å². The van der Waals surface area contributed by atoms with Crippen LogP contribution in [0.25, 0.3) is 10.6 Å². The molecule has 0 aliphatic carbocycles. The molecule has 1 aromatic carbocycles. The van der Waals surface area contributed by atoms with Crippen LogP contribution < -0.4 is 5.32 Å². The molecule has 1 N–H and O–H groups in total. The Labute approximate surface area is 157 Å². The maximum absolute atomic E-state index is 12.5. The summed E-state index contributed by atoms with van der Waals surface area (Å²) in [5.74, 6) is 0.00790. The summed E-state index contributed by atoms with van der Waals surface area (Å²) >= 11 is 7.47. The van der Waals surface area contributed by atoms with Gasteiger partial charge in [-0.1, -0.05) is 23.7 Å². The number of benzene rings is 1. The number of nitrogens with zero attached hydrogens (tertiary/aromatic N) is 2. The van der Waals surface area contributed by atoms with E-state index in [-0.39, 0.29) is 36.8 Å². The Morgan fingerprint density at radius 2 is 2.22 bits per heavy atom. The molecule has 1 aliphatic rings. The van der Waals surface area contributed by atoms with Crippen molar-refractivity contribution in [3.05, 3.63) is 40.4 Å². The van der Waals surface area contributed by atoms with Crippen molar-refractivity contribution >= 4 is 53.7 Å². The van der Waals surface area contributed by atoms with E-state index >= 15 is 0 Å². The summed E-state index contributed by atoms with van der Waals surface area (Å²) in [4.78, 5) is 18.9. The third kappa shape index (κ3) is 4.58. The quantitative estimate of drug-likeness (QED) is 0.844. The Bertz CT molecular complexity index is 665. The molecule has 1 aliphatic heterocycles. The molecule has 23 heavy (non-hydrogen) atoms. The van der Waals surface area contributed by atoms with E-state index in [4.69, 9.17) is 11.6 Å². The van der Waals surface area contributed by atoms with Crippen molar-refractivity contribution in [1.29, 1.82) is 0 Å². The number of hydrogen-bond acceptors (Lipinski definition) is 4. The number of aromatic nitrogens is 1. The molecule has 0 bridgehead atoms. The lowest BCUT2D eigenvalue weighted by atomic mass is 10.2. The van der Waals surface area contributed by atoms with E-state index in [9.17, 15) is 4.79 Å². The number of thiazole rings is 1. The number of piperazine rings is 1. The third-order valence-corrected chi connectivity index (χ3v) is 4.68. The number of hydrogen-bond donors (Lipinski definition) is 1. The van der Waals surface area contributed by atoms with Crippen molar-refractivity contribution in [3.8, 4) is 10.6 Å². The molecule has 8 heteroatoms. The van der Waals surface area contributed by atoms with Crippen LogP contribution >= 0.6 is 47.8 Å². The Balaban J connectivity index is 0.00000132. The van der Waals surface area contributed by atoms with Gasteiger partial charge in [0.1, 0.15) is 10.7 Å². The van der Waals surface area contributed by atoms with Crippen molar-refractivity contribution in [1.82, 2.24) is 15.2 Å². The molecule has 0 radical (unpaired) electrons. The lowest BCUT2D eigenvalue weighted by Crippen LogP contribution is -2.52. The van der Waals surface area contributed by atoms with Crippen molar-refractivity contribution in [2.75, 3.05) is 19.6 Å². The maximum Gasteiger partial charge on any atom is 0.273 e. The average Bonchev–Trinajstić information content (AvgIpc) is 2.97. The molecule has 126 valence electrons. The Kier molecular flexibility index (Phi) is 7.77. The fraction of sp³-hybridized carbons (Fsp3) is 0.333. The molecule has 1 amide bonds. The molecule has 1 saturated heterocycles. The molecule has 1 fully saturated rings. The van der Waals surface area contributed by atoms with Gasteiger partial charge in [0.15, 0.2) is 0 Å². The summed E-state index contributed by atoms with van der Waals surface area (Å²) in [5.41, 5.74) is 1.46. The van der Waals surface area contributed by atoms with Crippen molar-refractivity contribution in [2.45, 2.75) is 13.0 Å². The average molecular weight is 395 g/mol. The number of carbonyl (C=O) groups is 1. The summed E-state index contributed by atoms with van der Waals surface area (Å²) in [6, 6.07) is 7.73. The van der Waals surface area contributed by atoms with Crippen LogP contribution in [-0.4, -0.2) is 41.5 Å². The lowest BCUT2D eigenvalue weighted by molar-refractivity contribution is 0.0650. The Morgan fingerprint density at radius 3 is 2.91 bits per heavy atom. The Morgan fingerprint density at radius 1 is 1.43 bits per heavy atom. The van der Waals surface area contributed by atoms with Crippen molar-refractivity contribution < 1.29 is 4.79 Å². The van der Waals surface area contributed by atoms with E-state index in [1.54, 1.807) is 0 Å². The summed E-state index contributed by atoms with van der Waals surface area (Å²) < 4.78 is 0. The zero-order valence-corrected chi connectivity index (χ0v) is 15.7. The molecule has 3 rings (SSSR count). The minimum absolute atomic E-state index is 0. The summed E-state index contributed by atoms with van der Waals surface area (Å²) in [5, 5.41) is 6.60. The highest BCUT2D eigenvalue weighted by Crippen LogP contribution is 2.26. The van der Waals surface area contributed by atoms with E-state index in [0.29, 0.717) is 10.7 Å². The second-order valence-electron chi connectivity index (χ2n) is 5.10. The molecule has 2 heterocycles. The van der Waals surface area contributed by atoms with E-state index in [1.807, 2.05) is 41.5 Å². The monoisotopic (exact) mass is 393 g/mol. The topological polar surface area (TPSA) is 45.2 Å². The van der Waals surface area contributed by atoms with E-state index in [0.717, 1.165) is 30.2 Å². The number of amides is 1. The van der Waals surface area contributed by atoms with Gasteiger partial charge in [0, 0.05) is 41.6 Å². The maximum atomic E-state index is 12.5. The largest absolute Gasteiger partial charge is 0.332 e. The van der Waals surface area contributed by atoms with Crippen LogP contribution in [0.2, 0.25) is 5.02 Å². The third-order valence-electron chi connectivity index (χ3n) is 3.56. The highest BCUT2D eigenvalue weighted by molar-refractivity contribution is 7.13. The fourth-order valence-corrected chi connectivity index (χ4v) is 3.40. The molecule has 1 aromatic heterocycles. The predicted octanol–water partition coefficient (Wildman–Crippen LogP) is 3.74. The van der Waals surface area contributed by atoms with Gasteiger partial charge < -0.3 is 10.2 Å². The standard InChI is InChI=1S/C15H16ClN3OS.2ClH/c1-10-8-17-5-6-19(10)15(20)13-9-21-14(18-13)11-3-2-4-12(16)7-11;;/h2-4,7,9-10,17H,5-6,8H2,1H3;2*1H. The van der Waals surface area contributed by atoms with E-state index < -0.39 is 0 Å². The van der Waals surface area contributed by atoms with Gasteiger partial charge in [-0.2, -0.15) is 0 Å². The van der Waals surface area contributed by atoms with Gasteiger partial charge >= 0.3 is 0 Å². The first kappa shape index (κ1) is 20.2. The van der Waals surface area contributed by atoms with Crippen LogP contribution in [0.15, 0.2) is 29.6 Å². The van der Waals surface area contributed by atoms with Gasteiger partial charge in [-0.25, -0.2) is 4.98 Å². The molecule has 0 saturated carbocycles. The van der Waals surface area contributed by atoms with Crippen molar-refractivity contribution in [3.63, 3.8) is 0 Å². The first-order valence-electron chi connectivity index (χ1n) is 6.88. The fourth-order valence-electron chi connectivity index (χ4n) is 2.42. The number of carbonyl (C=O) groups excluding carboxylic acids is 1. The van der Waals surface area contributed by atoms with Gasteiger partial charge in [-0.15, -0.1) is 36.2 Å². The van der Waals surface area contributed by atoms with Crippen LogP contribution in [0.1, 0.15) is 17.4 Å². The minimum atomic E-state index is 0. The molecule has 1 unspecified atom stereocenters. The van der Waals surface area contributed by atoms with Crippen LogP contribution in [-0.2, 0) is 0 Å². The minimum Gasteiger partial charge on any atom is -0.332 e. The lowest BCUT2D eigenvalue weighted by Gasteiger charge is -2.33. The summed E-state index contributed by atoms with van der Waals surface area (Å²) in [6.45, 7) is 4.44. The smallest absolute Gasteiger partial charge is 0.273 e. The van der Waals surface area contributed by atoms with E-state index in [1.165, 1.54) is 11.3 Å². The highest BCUT2D eigenvalue weighted by atomic mass is 35.5. The predicted molar refractivity (Wildman–Crippen MR) is 100 cm³/mol. The Hall–Kier alpha value is -0.850. The highest BCUT2D eigenvalue weighted by Gasteiger charge is 2.25. The molecular weight excluding hydrogens is 377 g/mol. The second kappa shape index (κ2) is 8.85. The van der Waals surface area contributed by atoms with Gasteiger partial charge in [0.05, 0.1) is 0 Å². The number of nitrogens with one attached hydrogen (secondary N) is 1. The zero-order chi connectivity index (χ0) is 14.8. The molecule has 0 spiro atoms. The molecular formula is C15H18Cl3N3OS. The molecule has 2 aromatic rings. The molecule has 4 nitrogen and oxygen atoms in total. The normalized spacial score (nSPS) is 17.1. The molecule has 1 atom stereocenters. The summed E-state index contributed by atoms with van der Waals surface area (Å²) in [6.07, 6.45) is 0. The van der Waals surface area contributed by atoms with Gasteiger partial charge in [-0.3, -0.25) is 4.79 Å². The number of halogens is 3. The van der Waals surface area contributed by atoms with Crippen LogP contribution in [0, 0.1) is 0 Å². The number of rotatable bonds is 2. The van der Waals surface area contributed by atoms with Crippen molar-refractivity contribution in [2.24, 2.45) is 0 Å². The van der Waals surface area contributed by atoms with Gasteiger partial charge in [0.2, 0.25) is 0 Å². The van der Waals surface area contributed by atoms with Gasteiger partial charge in [0.25, 0.3) is 5.91 Å². The first-order chi connectivity index (χ1) is 10.1. The zero-order valence-electron chi connectivity index (χ0n) is 12.5. The van der Waals surface area contributed by atoms with Gasteiger partial charge in [-0.05, 0) is 19.1 Å². The SMILES string of the molecule is CC1CNCCN1C(=O)c1csc(-c2cccc(Cl)c2)n1.Cl.Cl.